The van der Waals surface area contributed by atoms with Crippen LogP contribution < -0.4 is 4.90 Å². The van der Waals surface area contributed by atoms with Gasteiger partial charge in [-0.3, -0.25) is 0 Å². The molecular formula is C12H18FNO2. The van der Waals surface area contributed by atoms with Crippen LogP contribution in [0.2, 0.25) is 0 Å². The molecule has 0 radical (unpaired) electrons. The molecule has 1 aromatic rings. The van der Waals surface area contributed by atoms with Gasteiger partial charge < -0.3 is 15.1 Å². The van der Waals surface area contributed by atoms with Gasteiger partial charge in [0.05, 0.1) is 12.2 Å². The maximum Gasteiger partial charge on any atom is 0.125 e. The van der Waals surface area contributed by atoms with Gasteiger partial charge in [-0.25, -0.2) is 4.39 Å². The van der Waals surface area contributed by atoms with Crippen molar-refractivity contribution in [3.05, 3.63) is 29.6 Å². The molecule has 0 saturated carbocycles. The highest BCUT2D eigenvalue weighted by Gasteiger charge is 2.16. The summed E-state index contributed by atoms with van der Waals surface area (Å²) in [7, 11) is 1.77. The molecule has 16 heavy (non-hydrogen) atoms. The van der Waals surface area contributed by atoms with Crippen molar-refractivity contribution >= 4 is 5.69 Å². The Bertz CT molecular complexity index is 361. The number of hydrogen-bond donors (Lipinski definition) is 2. The van der Waals surface area contributed by atoms with Gasteiger partial charge in [0.15, 0.2) is 0 Å². The van der Waals surface area contributed by atoms with Gasteiger partial charge in [0.25, 0.3) is 0 Å². The van der Waals surface area contributed by atoms with Crippen molar-refractivity contribution in [2.24, 2.45) is 0 Å². The number of aliphatic hydroxyl groups excluding tert-OH is 1. The van der Waals surface area contributed by atoms with Crippen molar-refractivity contribution < 1.29 is 14.6 Å². The maximum absolute atomic E-state index is 13.2. The molecule has 0 heterocycles. The molecule has 0 bridgehead atoms. The molecule has 4 heteroatoms. The number of aliphatic hydroxyl groups is 2. The van der Waals surface area contributed by atoms with Gasteiger partial charge in [-0.15, -0.1) is 0 Å². The molecule has 0 fully saturated rings. The first-order valence-corrected chi connectivity index (χ1v) is 5.16. The Balaban J connectivity index is 2.90. The van der Waals surface area contributed by atoms with E-state index in [2.05, 4.69) is 0 Å². The second kappa shape index (κ2) is 4.80. The third kappa shape index (κ3) is 3.79. The molecule has 1 aromatic carbocycles. The minimum Gasteiger partial charge on any atom is -0.392 e. The lowest BCUT2D eigenvalue weighted by molar-refractivity contribution is 0.0886. The standard InChI is InChI=1S/C12H18FNO2/c1-12(2,16)8-14(3)11-5-9(7-15)4-10(13)6-11/h4-6,15-16H,7-8H2,1-3H3. The zero-order valence-electron chi connectivity index (χ0n) is 9.87. The lowest BCUT2D eigenvalue weighted by Gasteiger charge is -2.27. The molecule has 0 atom stereocenters. The number of benzene rings is 1. The van der Waals surface area contributed by atoms with Crippen LogP contribution in [0.15, 0.2) is 18.2 Å². The highest BCUT2D eigenvalue weighted by atomic mass is 19.1. The predicted octanol–water partition coefficient (Wildman–Crippen LogP) is 1.53. The Kier molecular flexibility index (Phi) is 3.88. The van der Waals surface area contributed by atoms with E-state index in [0.717, 1.165) is 0 Å². The minimum absolute atomic E-state index is 0.193. The van der Waals surface area contributed by atoms with Crippen molar-refractivity contribution in [1.82, 2.24) is 0 Å². The minimum atomic E-state index is -0.847. The Morgan fingerprint density at radius 2 is 1.94 bits per heavy atom. The average molecular weight is 227 g/mol. The van der Waals surface area contributed by atoms with Crippen molar-refractivity contribution in [1.29, 1.82) is 0 Å². The fourth-order valence-corrected chi connectivity index (χ4v) is 1.62. The van der Waals surface area contributed by atoms with E-state index in [1.54, 1.807) is 31.9 Å². The second-order valence-corrected chi connectivity index (χ2v) is 4.64. The summed E-state index contributed by atoms with van der Waals surface area (Å²) in [6, 6.07) is 4.38. The molecule has 0 unspecified atom stereocenters. The van der Waals surface area contributed by atoms with Gasteiger partial charge in [-0.05, 0) is 37.6 Å². The molecule has 0 aliphatic heterocycles. The summed E-state index contributed by atoms with van der Waals surface area (Å²) >= 11 is 0. The Morgan fingerprint density at radius 3 is 2.44 bits per heavy atom. The first kappa shape index (κ1) is 12.9. The summed E-state index contributed by atoms with van der Waals surface area (Å²) < 4.78 is 13.2. The molecule has 1 rings (SSSR count). The number of likely N-dealkylation sites (N-methyl/N-ethyl adjacent to an activating group) is 1. The molecular weight excluding hydrogens is 209 g/mol. The van der Waals surface area contributed by atoms with E-state index in [4.69, 9.17) is 5.11 Å². The van der Waals surface area contributed by atoms with E-state index in [1.807, 2.05) is 0 Å². The summed E-state index contributed by atoms with van der Waals surface area (Å²) in [6.45, 7) is 3.58. The SMILES string of the molecule is CN(CC(C)(C)O)c1cc(F)cc(CO)c1. The predicted molar refractivity (Wildman–Crippen MR) is 61.9 cm³/mol. The van der Waals surface area contributed by atoms with Gasteiger partial charge >= 0.3 is 0 Å². The van der Waals surface area contributed by atoms with Gasteiger partial charge in [0.2, 0.25) is 0 Å². The van der Waals surface area contributed by atoms with Crippen LogP contribution >= 0.6 is 0 Å². The maximum atomic E-state index is 13.2. The highest BCUT2D eigenvalue weighted by Crippen LogP contribution is 2.19. The summed E-state index contributed by atoms with van der Waals surface area (Å²) in [5.41, 5.74) is 0.323. The van der Waals surface area contributed by atoms with Gasteiger partial charge in [0, 0.05) is 19.3 Å². The van der Waals surface area contributed by atoms with Crippen LogP contribution in [0.5, 0.6) is 0 Å². The van der Waals surface area contributed by atoms with Crippen LogP contribution in [0, 0.1) is 5.82 Å². The molecule has 0 aromatic heterocycles. The quantitative estimate of drug-likeness (QED) is 0.819. The number of anilines is 1. The smallest absolute Gasteiger partial charge is 0.125 e. The van der Waals surface area contributed by atoms with E-state index in [-0.39, 0.29) is 12.4 Å². The number of rotatable bonds is 4. The van der Waals surface area contributed by atoms with E-state index >= 15 is 0 Å². The number of hydrogen-bond acceptors (Lipinski definition) is 3. The molecule has 0 saturated heterocycles. The first-order valence-electron chi connectivity index (χ1n) is 5.16. The van der Waals surface area contributed by atoms with E-state index < -0.39 is 5.60 Å². The lowest BCUT2D eigenvalue weighted by Crippen LogP contribution is -2.36. The second-order valence-electron chi connectivity index (χ2n) is 4.64. The van der Waals surface area contributed by atoms with Crippen molar-refractivity contribution in [3.8, 4) is 0 Å². The molecule has 2 N–H and O–H groups in total. The van der Waals surface area contributed by atoms with Crippen molar-refractivity contribution in [2.45, 2.75) is 26.1 Å². The van der Waals surface area contributed by atoms with Crippen LogP contribution in [-0.2, 0) is 6.61 Å². The van der Waals surface area contributed by atoms with Crippen LogP contribution in [0.25, 0.3) is 0 Å². The van der Waals surface area contributed by atoms with Crippen LogP contribution in [0.1, 0.15) is 19.4 Å². The number of halogens is 1. The fourth-order valence-electron chi connectivity index (χ4n) is 1.62. The summed E-state index contributed by atoms with van der Waals surface area (Å²) in [4.78, 5) is 1.75. The zero-order valence-corrected chi connectivity index (χ0v) is 9.87. The fraction of sp³-hybridized carbons (Fsp3) is 0.500. The highest BCUT2D eigenvalue weighted by molar-refractivity contribution is 5.48. The largest absolute Gasteiger partial charge is 0.392 e. The summed E-state index contributed by atoms with van der Waals surface area (Å²) in [5, 5.41) is 18.6. The van der Waals surface area contributed by atoms with Gasteiger partial charge in [0.1, 0.15) is 5.82 Å². The average Bonchev–Trinajstić information content (AvgIpc) is 2.14. The van der Waals surface area contributed by atoms with Gasteiger partial charge in [-0.2, -0.15) is 0 Å². The Morgan fingerprint density at radius 1 is 1.31 bits per heavy atom. The van der Waals surface area contributed by atoms with E-state index in [9.17, 15) is 9.50 Å². The Hall–Kier alpha value is -1.13. The van der Waals surface area contributed by atoms with Crippen LogP contribution in [0.3, 0.4) is 0 Å². The molecule has 0 spiro atoms. The topological polar surface area (TPSA) is 43.7 Å². The number of nitrogens with zero attached hydrogens (tertiary/aromatic N) is 1. The third-order valence-electron chi connectivity index (χ3n) is 2.19. The third-order valence-corrected chi connectivity index (χ3v) is 2.19. The summed E-state index contributed by atoms with van der Waals surface area (Å²) in [5.74, 6) is -0.385. The van der Waals surface area contributed by atoms with Crippen LogP contribution in [-0.4, -0.2) is 29.4 Å². The summed E-state index contributed by atoms with van der Waals surface area (Å²) in [6.07, 6.45) is 0. The molecule has 90 valence electrons. The van der Waals surface area contributed by atoms with Crippen molar-refractivity contribution in [3.63, 3.8) is 0 Å². The monoisotopic (exact) mass is 227 g/mol. The van der Waals surface area contributed by atoms with Gasteiger partial charge in [-0.1, -0.05) is 0 Å². The molecule has 3 nitrogen and oxygen atoms in total. The molecule has 0 aliphatic rings. The Labute approximate surface area is 95.1 Å². The molecule has 0 amide bonds. The first-order chi connectivity index (χ1) is 7.31. The van der Waals surface area contributed by atoms with E-state index in [0.29, 0.717) is 17.8 Å². The van der Waals surface area contributed by atoms with Crippen LogP contribution in [0.4, 0.5) is 10.1 Å². The molecule has 0 aliphatic carbocycles. The zero-order chi connectivity index (χ0) is 12.3. The van der Waals surface area contributed by atoms with E-state index in [1.165, 1.54) is 12.1 Å². The lowest BCUT2D eigenvalue weighted by atomic mass is 10.1. The van der Waals surface area contributed by atoms with Crippen molar-refractivity contribution in [2.75, 3.05) is 18.5 Å². The normalized spacial score (nSPS) is 11.6.